The van der Waals surface area contributed by atoms with E-state index in [-0.39, 0.29) is 6.10 Å². The van der Waals surface area contributed by atoms with Gasteiger partial charge in [0, 0.05) is 12.3 Å². The minimum absolute atomic E-state index is 0.0336. The average molecular weight is 359 g/mol. The van der Waals surface area contributed by atoms with Gasteiger partial charge in [0.1, 0.15) is 0 Å². The summed E-state index contributed by atoms with van der Waals surface area (Å²) in [5.41, 5.74) is 2.29. The third kappa shape index (κ3) is 6.42. The van der Waals surface area contributed by atoms with Gasteiger partial charge in [-0.1, -0.05) is 68.6 Å². The third-order valence-electron chi connectivity index (χ3n) is 6.10. The second-order valence-electron chi connectivity index (χ2n) is 8.03. The van der Waals surface area contributed by atoms with Crippen LogP contribution < -0.4 is 5.32 Å². The van der Waals surface area contributed by atoms with Gasteiger partial charge in [-0.05, 0) is 57.2 Å². The first-order valence-electron chi connectivity index (χ1n) is 10.5. The van der Waals surface area contributed by atoms with Crippen molar-refractivity contribution < 1.29 is 4.84 Å². The van der Waals surface area contributed by atoms with E-state index < -0.39 is 0 Å². The normalized spacial score (nSPS) is 28.6. The average Bonchev–Trinajstić information content (AvgIpc) is 3.09. The number of oxime groups is 1. The van der Waals surface area contributed by atoms with Crippen LogP contribution in [0.4, 0.5) is 0 Å². The predicted molar refractivity (Wildman–Crippen MR) is 112 cm³/mol. The Kier molecular flexibility index (Phi) is 9.17. The number of nitrogens with zero attached hydrogens (tertiary/aromatic N) is 1. The quantitative estimate of drug-likeness (QED) is 0.569. The summed E-state index contributed by atoms with van der Waals surface area (Å²) < 4.78 is 0. The standard InChI is InChI=1S/C23H38N2O/c1-5-6-7-10-19(3)23-17-22(25-26-23)21-13-8-11-20(12-9-14-21)18(2)15-16-24-4/h5-7,10,18,20-21,23-24H,3,8-9,11-17H2,1-2,4H3/b6-5-,10-7-. The molecule has 0 bridgehead atoms. The van der Waals surface area contributed by atoms with E-state index in [1.165, 1.54) is 50.7 Å². The molecule has 0 saturated heterocycles. The molecule has 1 fully saturated rings. The predicted octanol–water partition coefficient (Wildman–Crippen LogP) is 5.65. The molecule has 2 rings (SSSR count). The highest BCUT2D eigenvalue weighted by Gasteiger charge is 2.29. The molecular weight excluding hydrogens is 320 g/mol. The van der Waals surface area contributed by atoms with Crippen molar-refractivity contribution in [3.8, 4) is 0 Å². The summed E-state index contributed by atoms with van der Waals surface area (Å²) in [6, 6.07) is 0. The molecule has 26 heavy (non-hydrogen) atoms. The van der Waals surface area contributed by atoms with Crippen LogP contribution in [-0.2, 0) is 4.84 Å². The van der Waals surface area contributed by atoms with E-state index >= 15 is 0 Å². The van der Waals surface area contributed by atoms with Gasteiger partial charge in [0.05, 0.1) is 5.71 Å². The monoisotopic (exact) mass is 358 g/mol. The van der Waals surface area contributed by atoms with E-state index in [0.717, 1.165) is 30.4 Å². The summed E-state index contributed by atoms with van der Waals surface area (Å²) in [7, 11) is 2.05. The van der Waals surface area contributed by atoms with Crippen LogP contribution in [0.2, 0.25) is 0 Å². The van der Waals surface area contributed by atoms with Gasteiger partial charge in [0.25, 0.3) is 0 Å². The Morgan fingerprint density at radius 1 is 1.27 bits per heavy atom. The lowest BCUT2D eigenvalue weighted by atomic mass is 9.77. The van der Waals surface area contributed by atoms with Crippen LogP contribution in [0.25, 0.3) is 0 Å². The summed E-state index contributed by atoms with van der Waals surface area (Å²) in [6.07, 6.45) is 18.3. The molecule has 1 aliphatic heterocycles. The lowest BCUT2D eigenvalue weighted by Crippen LogP contribution is -2.22. The molecule has 1 N–H and O–H groups in total. The fourth-order valence-electron chi connectivity index (χ4n) is 4.28. The molecule has 1 saturated carbocycles. The van der Waals surface area contributed by atoms with Crippen molar-refractivity contribution in [2.75, 3.05) is 13.6 Å². The zero-order valence-electron chi connectivity index (χ0n) is 17.0. The molecule has 2 atom stereocenters. The van der Waals surface area contributed by atoms with Crippen LogP contribution in [0, 0.1) is 17.8 Å². The first-order valence-corrected chi connectivity index (χ1v) is 10.5. The molecule has 0 radical (unpaired) electrons. The molecule has 0 amide bonds. The molecule has 0 aromatic rings. The highest BCUT2D eigenvalue weighted by Crippen LogP contribution is 2.34. The first-order chi connectivity index (χ1) is 12.7. The van der Waals surface area contributed by atoms with E-state index in [4.69, 9.17) is 4.84 Å². The third-order valence-corrected chi connectivity index (χ3v) is 6.10. The number of nitrogens with one attached hydrogen (secondary N) is 1. The lowest BCUT2D eigenvalue weighted by Gasteiger charge is -2.28. The summed E-state index contributed by atoms with van der Waals surface area (Å²) >= 11 is 0. The van der Waals surface area contributed by atoms with Gasteiger partial charge in [-0.2, -0.15) is 0 Å². The van der Waals surface area contributed by atoms with Crippen molar-refractivity contribution in [2.24, 2.45) is 22.9 Å². The minimum atomic E-state index is 0.0336. The van der Waals surface area contributed by atoms with Gasteiger partial charge in [-0.15, -0.1) is 0 Å². The van der Waals surface area contributed by atoms with Crippen molar-refractivity contribution >= 4 is 5.71 Å². The second kappa shape index (κ2) is 11.4. The molecule has 2 unspecified atom stereocenters. The van der Waals surface area contributed by atoms with Crippen LogP contribution in [-0.4, -0.2) is 25.4 Å². The van der Waals surface area contributed by atoms with Gasteiger partial charge in [-0.3, -0.25) is 0 Å². The Morgan fingerprint density at radius 3 is 2.65 bits per heavy atom. The van der Waals surface area contributed by atoms with E-state index in [0.29, 0.717) is 5.92 Å². The van der Waals surface area contributed by atoms with E-state index in [9.17, 15) is 0 Å². The number of hydrogen-bond donors (Lipinski definition) is 1. The Labute approximate surface area is 160 Å². The minimum Gasteiger partial charge on any atom is -0.387 e. The van der Waals surface area contributed by atoms with Crippen molar-refractivity contribution in [3.63, 3.8) is 0 Å². The van der Waals surface area contributed by atoms with Gasteiger partial charge >= 0.3 is 0 Å². The molecule has 1 heterocycles. The molecule has 0 spiro atoms. The lowest BCUT2D eigenvalue weighted by molar-refractivity contribution is 0.114. The van der Waals surface area contributed by atoms with E-state index in [1.54, 1.807) is 0 Å². The van der Waals surface area contributed by atoms with Crippen LogP contribution in [0.5, 0.6) is 0 Å². The Morgan fingerprint density at radius 2 is 2.00 bits per heavy atom. The molecule has 1 aliphatic carbocycles. The molecule has 0 aromatic carbocycles. The van der Waals surface area contributed by atoms with Gasteiger partial charge in [0.15, 0.2) is 6.10 Å². The smallest absolute Gasteiger partial charge is 0.157 e. The maximum absolute atomic E-state index is 5.69. The molecule has 0 aromatic heterocycles. The van der Waals surface area contributed by atoms with Crippen molar-refractivity contribution in [3.05, 3.63) is 36.5 Å². The van der Waals surface area contributed by atoms with Gasteiger partial charge < -0.3 is 10.2 Å². The highest BCUT2D eigenvalue weighted by atomic mass is 16.6. The fraction of sp³-hybridized carbons (Fsp3) is 0.696. The van der Waals surface area contributed by atoms with Gasteiger partial charge in [-0.25, -0.2) is 0 Å². The van der Waals surface area contributed by atoms with Gasteiger partial charge in [0.2, 0.25) is 0 Å². The topological polar surface area (TPSA) is 33.6 Å². The van der Waals surface area contributed by atoms with E-state index in [1.807, 2.05) is 31.2 Å². The first kappa shape index (κ1) is 21.0. The van der Waals surface area contributed by atoms with Crippen LogP contribution in [0.15, 0.2) is 41.6 Å². The zero-order valence-corrected chi connectivity index (χ0v) is 17.0. The second-order valence-corrected chi connectivity index (χ2v) is 8.03. The maximum atomic E-state index is 5.69. The SMILES string of the molecule is C=C(/C=C\C=C/C)C1CC(C2CCCC(C(C)CCNC)CCC2)=NO1. The maximum Gasteiger partial charge on any atom is 0.157 e. The Hall–Kier alpha value is -1.35. The number of rotatable bonds is 8. The number of allylic oxidation sites excluding steroid dienone is 3. The van der Waals surface area contributed by atoms with Crippen LogP contribution >= 0.6 is 0 Å². The summed E-state index contributed by atoms with van der Waals surface area (Å²) in [5.74, 6) is 2.35. The summed E-state index contributed by atoms with van der Waals surface area (Å²) in [6.45, 7) is 9.75. The Bertz CT molecular complexity index is 510. The highest BCUT2D eigenvalue weighted by molar-refractivity contribution is 5.88. The molecular formula is C23H38N2O. The van der Waals surface area contributed by atoms with Crippen LogP contribution in [0.1, 0.15) is 65.2 Å². The molecule has 2 aliphatic rings. The van der Waals surface area contributed by atoms with Crippen molar-refractivity contribution in [2.45, 2.75) is 71.3 Å². The number of hydrogen-bond acceptors (Lipinski definition) is 3. The zero-order chi connectivity index (χ0) is 18.8. The van der Waals surface area contributed by atoms with Crippen molar-refractivity contribution in [1.82, 2.24) is 5.32 Å². The molecule has 3 nitrogen and oxygen atoms in total. The molecule has 146 valence electrons. The largest absolute Gasteiger partial charge is 0.387 e. The van der Waals surface area contributed by atoms with E-state index in [2.05, 4.69) is 31.0 Å². The Balaban J connectivity index is 1.79. The van der Waals surface area contributed by atoms with Crippen molar-refractivity contribution in [1.29, 1.82) is 0 Å². The van der Waals surface area contributed by atoms with Crippen LogP contribution in [0.3, 0.4) is 0 Å². The fourth-order valence-corrected chi connectivity index (χ4v) is 4.28. The summed E-state index contributed by atoms with van der Waals surface area (Å²) in [4.78, 5) is 5.69. The molecule has 3 heteroatoms. The summed E-state index contributed by atoms with van der Waals surface area (Å²) in [5, 5.41) is 7.75.